The molecule has 1 heteroatoms. The lowest BCUT2D eigenvalue weighted by Gasteiger charge is -2.54. The Labute approximate surface area is 111 Å². The van der Waals surface area contributed by atoms with Gasteiger partial charge in [-0.3, -0.25) is 0 Å². The van der Waals surface area contributed by atoms with Gasteiger partial charge in [0.25, 0.3) is 0 Å². The van der Waals surface area contributed by atoms with Crippen LogP contribution in [0.5, 0.6) is 0 Å². The van der Waals surface area contributed by atoms with Crippen LogP contribution >= 0.6 is 11.8 Å². The van der Waals surface area contributed by atoms with E-state index >= 15 is 0 Å². The van der Waals surface area contributed by atoms with E-state index in [4.69, 9.17) is 0 Å². The second kappa shape index (κ2) is 5.15. The van der Waals surface area contributed by atoms with Crippen molar-refractivity contribution in [2.45, 2.75) is 63.5 Å². The Hall–Kier alpha value is 0.350. The zero-order valence-corrected chi connectivity index (χ0v) is 12.3. The lowest BCUT2D eigenvalue weighted by molar-refractivity contribution is 0.00468. The van der Waals surface area contributed by atoms with Crippen LogP contribution in [-0.4, -0.2) is 11.5 Å². The van der Waals surface area contributed by atoms with Gasteiger partial charge in [-0.1, -0.05) is 32.6 Å². The van der Waals surface area contributed by atoms with E-state index in [9.17, 15) is 0 Å². The van der Waals surface area contributed by atoms with Gasteiger partial charge in [-0.25, -0.2) is 0 Å². The first-order valence-corrected chi connectivity index (χ1v) is 9.14. The van der Waals surface area contributed by atoms with Crippen molar-refractivity contribution in [3.05, 3.63) is 0 Å². The smallest absolute Gasteiger partial charge is 0.0106 e. The first-order chi connectivity index (χ1) is 8.33. The van der Waals surface area contributed by atoms with Crippen LogP contribution in [0.3, 0.4) is 0 Å². The van der Waals surface area contributed by atoms with Crippen molar-refractivity contribution in [1.29, 1.82) is 0 Å². The van der Waals surface area contributed by atoms with Gasteiger partial charge in [-0.2, -0.15) is 11.8 Å². The van der Waals surface area contributed by atoms with Crippen LogP contribution in [-0.2, 0) is 0 Å². The van der Waals surface area contributed by atoms with Crippen molar-refractivity contribution in [3.8, 4) is 0 Å². The lowest BCUT2D eigenvalue weighted by atomic mass is 9.55. The van der Waals surface area contributed by atoms with Gasteiger partial charge < -0.3 is 0 Å². The summed E-state index contributed by atoms with van der Waals surface area (Å²) in [6.45, 7) is 2.60. The molecule has 3 fully saturated rings. The molecule has 3 rings (SSSR count). The number of rotatable bonds is 1. The van der Waals surface area contributed by atoms with Gasteiger partial charge in [0.2, 0.25) is 0 Å². The largest absolute Gasteiger partial charge is 0.161 e. The fourth-order valence-corrected chi connectivity index (χ4v) is 6.86. The quantitative estimate of drug-likeness (QED) is 0.634. The van der Waals surface area contributed by atoms with Crippen LogP contribution in [0.15, 0.2) is 0 Å². The van der Waals surface area contributed by atoms with E-state index in [2.05, 4.69) is 24.9 Å². The van der Waals surface area contributed by atoms with Crippen molar-refractivity contribution in [1.82, 2.24) is 0 Å². The van der Waals surface area contributed by atoms with Gasteiger partial charge >= 0.3 is 0 Å². The van der Waals surface area contributed by atoms with Crippen molar-refractivity contribution in [3.63, 3.8) is 0 Å². The third-order valence-electron chi connectivity index (χ3n) is 6.22. The molecule has 0 N–H and O–H groups in total. The van der Waals surface area contributed by atoms with E-state index in [0.29, 0.717) is 0 Å². The molecule has 3 saturated carbocycles. The second-order valence-corrected chi connectivity index (χ2v) is 7.80. The molecule has 4 atom stereocenters. The van der Waals surface area contributed by atoms with E-state index in [0.717, 1.165) is 34.8 Å². The Bertz CT molecular complexity index is 238. The second-order valence-electron chi connectivity index (χ2n) is 6.78. The molecule has 98 valence electrons. The first kappa shape index (κ1) is 12.4. The van der Waals surface area contributed by atoms with Gasteiger partial charge in [0.15, 0.2) is 0 Å². The van der Waals surface area contributed by atoms with E-state index in [1.165, 1.54) is 25.7 Å². The van der Waals surface area contributed by atoms with Crippen molar-refractivity contribution >= 4 is 11.8 Å². The number of thioether (sulfide) groups is 1. The summed E-state index contributed by atoms with van der Waals surface area (Å²) in [6.07, 6.45) is 14.6. The van der Waals surface area contributed by atoms with E-state index < -0.39 is 0 Å². The van der Waals surface area contributed by atoms with Crippen molar-refractivity contribution in [2.75, 3.05) is 6.26 Å². The van der Waals surface area contributed by atoms with Crippen LogP contribution < -0.4 is 0 Å². The number of fused-ring (bicyclic) bond motifs is 2. The Morgan fingerprint density at radius 3 is 1.53 bits per heavy atom. The highest BCUT2D eigenvalue weighted by molar-refractivity contribution is 7.99. The molecular formula is C16H28S. The van der Waals surface area contributed by atoms with Crippen LogP contribution in [0.2, 0.25) is 0 Å². The highest BCUT2D eigenvalue weighted by Gasteiger charge is 2.48. The molecule has 0 saturated heterocycles. The highest BCUT2D eigenvalue weighted by atomic mass is 32.2. The summed E-state index contributed by atoms with van der Waals surface area (Å²) >= 11 is 2.22. The zero-order chi connectivity index (χ0) is 11.8. The Balaban J connectivity index is 1.85. The van der Waals surface area contributed by atoms with Gasteiger partial charge in [0, 0.05) is 5.25 Å². The summed E-state index contributed by atoms with van der Waals surface area (Å²) in [5.41, 5.74) is 0. The Kier molecular flexibility index (Phi) is 3.75. The molecule has 0 amide bonds. The van der Waals surface area contributed by atoms with E-state index in [1.54, 1.807) is 25.7 Å². The standard InChI is InChI=1S/C16H28S/c1-11-12-7-3-5-9-14(12)16(17-2)15-10-6-4-8-13(11)15/h11-16H,3-10H2,1-2H3. The van der Waals surface area contributed by atoms with Gasteiger partial charge in [0.1, 0.15) is 0 Å². The minimum atomic E-state index is 1.02. The SMILES string of the molecule is CSC1C2CCCCC2C(C)C2CCCCC21. The molecule has 0 aromatic heterocycles. The third kappa shape index (κ3) is 2.07. The van der Waals surface area contributed by atoms with Crippen LogP contribution in [0.1, 0.15) is 58.3 Å². The van der Waals surface area contributed by atoms with E-state index in [1.807, 2.05) is 0 Å². The molecule has 0 aromatic rings. The number of hydrogen-bond donors (Lipinski definition) is 0. The maximum Gasteiger partial charge on any atom is 0.0106 e. The van der Waals surface area contributed by atoms with Gasteiger partial charge in [-0.05, 0) is 61.5 Å². The maximum atomic E-state index is 2.60. The van der Waals surface area contributed by atoms with Crippen LogP contribution in [0.25, 0.3) is 0 Å². The van der Waals surface area contributed by atoms with Crippen molar-refractivity contribution in [2.24, 2.45) is 29.6 Å². The minimum Gasteiger partial charge on any atom is -0.161 e. The monoisotopic (exact) mass is 252 g/mol. The molecule has 17 heavy (non-hydrogen) atoms. The van der Waals surface area contributed by atoms with E-state index in [-0.39, 0.29) is 0 Å². The molecule has 0 nitrogen and oxygen atoms in total. The zero-order valence-electron chi connectivity index (χ0n) is 11.5. The normalized spacial score (nSPS) is 50.5. The fourth-order valence-electron chi connectivity index (χ4n) is 5.48. The minimum absolute atomic E-state index is 1.02. The number of hydrogen-bond acceptors (Lipinski definition) is 1. The Morgan fingerprint density at radius 2 is 1.12 bits per heavy atom. The highest BCUT2D eigenvalue weighted by Crippen LogP contribution is 2.55. The topological polar surface area (TPSA) is 0 Å². The summed E-state index contributed by atoms with van der Waals surface area (Å²) in [7, 11) is 0. The molecule has 0 heterocycles. The predicted molar refractivity (Wildman–Crippen MR) is 77.4 cm³/mol. The summed E-state index contributed by atoms with van der Waals surface area (Å²) in [5, 5.41) is 1.02. The molecule has 0 aliphatic heterocycles. The predicted octanol–water partition coefficient (Wildman–Crippen LogP) is 4.98. The fraction of sp³-hybridized carbons (Fsp3) is 1.00. The van der Waals surface area contributed by atoms with Gasteiger partial charge in [0.05, 0.1) is 0 Å². The average Bonchev–Trinajstić information content (AvgIpc) is 2.40. The van der Waals surface area contributed by atoms with Gasteiger partial charge in [-0.15, -0.1) is 0 Å². The summed E-state index contributed by atoms with van der Waals surface area (Å²) in [5.74, 6) is 5.36. The molecule has 0 radical (unpaired) electrons. The molecule has 0 spiro atoms. The average molecular weight is 252 g/mol. The molecule has 0 aromatic carbocycles. The maximum absolute atomic E-state index is 2.60. The lowest BCUT2D eigenvalue weighted by Crippen LogP contribution is -2.49. The first-order valence-electron chi connectivity index (χ1n) is 7.85. The Morgan fingerprint density at radius 1 is 0.706 bits per heavy atom. The van der Waals surface area contributed by atoms with Crippen LogP contribution in [0, 0.1) is 29.6 Å². The molecule has 3 aliphatic carbocycles. The van der Waals surface area contributed by atoms with Crippen molar-refractivity contribution < 1.29 is 0 Å². The summed E-state index contributed by atoms with van der Waals surface area (Å²) in [6, 6.07) is 0. The molecule has 0 bridgehead atoms. The summed E-state index contributed by atoms with van der Waals surface area (Å²) < 4.78 is 0. The molecule has 4 unspecified atom stereocenters. The molecule has 3 aliphatic rings. The molecular weight excluding hydrogens is 224 g/mol. The third-order valence-corrected chi connectivity index (χ3v) is 7.46. The van der Waals surface area contributed by atoms with Crippen LogP contribution in [0.4, 0.5) is 0 Å². The summed E-state index contributed by atoms with van der Waals surface area (Å²) in [4.78, 5) is 0.